The van der Waals surface area contributed by atoms with Gasteiger partial charge in [-0.1, -0.05) is 48.5 Å². The van der Waals surface area contributed by atoms with Crippen LogP contribution in [0.4, 0.5) is 5.69 Å². The molecule has 0 saturated carbocycles. The van der Waals surface area contributed by atoms with Crippen LogP contribution in [0.3, 0.4) is 0 Å². The quantitative estimate of drug-likeness (QED) is 0.228. The van der Waals surface area contributed by atoms with Crippen molar-refractivity contribution in [3.05, 3.63) is 72.4 Å². The van der Waals surface area contributed by atoms with E-state index in [1.54, 1.807) is 6.20 Å². The Labute approximate surface area is 216 Å². The van der Waals surface area contributed by atoms with Gasteiger partial charge in [-0.2, -0.15) is 0 Å². The molecule has 0 aliphatic heterocycles. The maximum atomic E-state index is 13.2. The van der Waals surface area contributed by atoms with E-state index in [0.29, 0.717) is 31.6 Å². The van der Waals surface area contributed by atoms with Crippen LogP contribution in [0.5, 0.6) is 0 Å². The van der Waals surface area contributed by atoms with Gasteiger partial charge in [0.05, 0.1) is 29.9 Å². The molecule has 0 radical (unpaired) electrons. The Morgan fingerprint density at radius 1 is 0.919 bits per heavy atom. The van der Waals surface area contributed by atoms with Gasteiger partial charge >= 0.3 is 0 Å². The molecule has 37 heavy (non-hydrogen) atoms. The van der Waals surface area contributed by atoms with Gasteiger partial charge in [0, 0.05) is 31.6 Å². The van der Waals surface area contributed by atoms with E-state index in [4.69, 9.17) is 17.2 Å². The fourth-order valence-electron chi connectivity index (χ4n) is 3.95. The zero-order valence-electron chi connectivity index (χ0n) is 20.8. The largest absolute Gasteiger partial charge is 0.343 e. The maximum Gasteiger partial charge on any atom is 0.247 e. The molecule has 196 valence electrons. The van der Waals surface area contributed by atoms with Crippen molar-refractivity contribution in [2.45, 2.75) is 31.3 Å². The normalized spacial score (nSPS) is 12.5. The monoisotopic (exact) mass is 505 g/mol. The zero-order valence-corrected chi connectivity index (χ0v) is 20.8. The van der Waals surface area contributed by atoms with Crippen LogP contribution in [-0.2, 0) is 20.8 Å². The maximum absolute atomic E-state index is 13.2. The lowest BCUT2D eigenvalue weighted by molar-refractivity contribution is -0.134. The number of anilines is 1. The van der Waals surface area contributed by atoms with Crippen LogP contribution in [0.25, 0.3) is 10.9 Å². The molecule has 2 aromatic carbocycles. The lowest BCUT2D eigenvalue weighted by Gasteiger charge is -2.24. The number of nitrogens with one attached hydrogen (secondary N) is 2. The summed E-state index contributed by atoms with van der Waals surface area (Å²) >= 11 is 0. The van der Waals surface area contributed by atoms with Crippen molar-refractivity contribution in [3.63, 3.8) is 0 Å². The third-order valence-electron chi connectivity index (χ3n) is 5.94. The summed E-state index contributed by atoms with van der Waals surface area (Å²) in [5, 5.41) is 6.46. The van der Waals surface area contributed by atoms with Gasteiger partial charge in [0.15, 0.2) is 0 Å². The Hall–Kier alpha value is -3.86. The SMILES string of the molecule is NCCN(CCN)C(=O)C[C@H](N)C(=O)N[C@@H](CCc1ccccc1)C(=O)Nc1cnc2ccccc2c1. The number of aryl methyl sites for hydroxylation is 1. The van der Waals surface area contributed by atoms with Crippen molar-refractivity contribution in [2.24, 2.45) is 17.2 Å². The number of hydrogen-bond acceptors (Lipinski definition) is 7. The summed E-state index contributed by atoms with van der Waals surface area (Å²) in [5.41, 5.74) is 19.5. The Bertz CT molecular complexity index is 1180. The molecule has 0 aliphatic carbocycles. The van der Waals surface area contributed by atoms with E-state index in [1.165, 1.54) is 4.90 Å². The number of carbonyl (C=O) groups is 3. The first-order chi connectivity index (χ1) is 17.9. The molecule has 3 rings (SSSR count). The molecule has 0 fully saturated rings. The number of para-hydroxylation sites is 1. The summed E-state index contributed by atoms with van der Waals surface area (Å²) in [4.78, 5) is 44.6. The van der Waals surface area contributed by atoms with E-state index in [9.17, 15) is 14.4 Å². The fourth-order valence-corrected chi connectivity index (χ4v) is 3.95. The number of hydrogen-bond donors (Lipinski definition) is 5. The van der Waals surface area contributed by atoms with Gasteiger partial charge in [0.2, 0.25) is 17.7 Å². The molecule has 1 aromatic heterocycles. The van der Waals surface area contributed by atoms with Crippen LogP contribution in [-0.4, -0.2) is 65.9 Å². The second kappa shape index (κ2) is 14.0. The summed E-state index contributed by atoms with van der Waals surface area (Å²) in [6, 6.07) is 17.1. The second-order valence-corrected chi connectivity index (χ2v) is 8.76. The summed E-state index contributed by atoms with van der Waals surface area (Å²) in [7, 11) is 0. The predicted molar refractivity (Wildman–Crippen MR) is 144 cm³/mol. The molecule has 10 heteroatoms. The molecule has 10 nitrogen and oxygen atoms in total. The van der Waals surface area contributed by atoms with Gasteiger partial charge in [0.1, 0.15) is 6.04 Å². The van der Waals surface area contributed by atoms with Gasteiger partial charge in [0.25, 0.3) is 0 Å². The van der Waals surface area contributed by atoms with E-state index in [-0.39, 0.29) is 25.4 Å². The smallest absolute Gasteiger partial charge is 0.247 e. The van der Waals surface area contributed by atoms with Crippen molar-refractivity contribution in [1.82, 2.24) is 15.2 Å². The molecule has 8 N–H and O–H groups in total. The minimum atomic E-state index is -1.13. The molecule has 2 atom stereocenters. The molecule has 1 heterocycles. The van der Waals surface area contributed by atoms with Gasteiger partial charge < -0.3 is 32.7 Å². The Morgan fingerprint density at radius 2 is 1.59 bits per heavy atom. The van der Waals surface area contributed by atoms with Crippen LogP contribution in [0, 0.1) is 0 Å². The number of amides is 3. The molecule has 3 aromatic rings. The van der Waals surface area contributed by atoms with Crippen molar-refractivity contribution in [3.8, 4) is 0 Å². The minimum Gasteiger partial charge on any atom is -0.343 e. The third kappa shape index (κ3) is 8.35. The van der Waals surface area contributed by atoms with Crippen LogP contribution >= 0.6 is 0 Å². The Kier molecular flexibility index (Phi) is 10.5. The highest BCUT2D eigenvalue weighted by molar-refractivity contribution is 5.99. The molecule has 0 aliphatic rings. The highest BCUT2D eigenvalue weighted by Gasteiger charge is 2.26. The van der Waals surface area contributed by atoms with Gasteiger partial charge in [-0.25, -0.2) is 0 Å². The third-order valence-corrected chi connectivity index (χ3v) is 5.94. The van der Waals surface area contributed by atoms with Crippen molar-refractivity contribution < 1.29 is 14.4 Å². The van der Waals surface area contributed by atoms with Crippen LogP contribution in [0.15, 0.2) is 66.9 Å². The summed E-state index contributed by atoms with van der Waals surface area (Å²) in [5.74, 6) is -1.29. The van der Waals surface area contributed by atoms with Gasteiger partial charge in [-0.15, -0.1) is 0 Å². The Morgan fingerprint density at radius 3 is 2.30 bits per heavy atom. The predicted octanol–water partition coefficient (Wildman–Crippen LogP) is 0.754. The average Bonchev–Trinajstić information content (AvgIpc) is 2.91. The van der Waals surface area contributed by atoms with Gasteiger partial charge in [-0.05, 0) is 30.5 Å². The standard InChI is InChI=1S/C27H35N7O3/c28-12-14-34(15-13-29)25(35)17-22(30)26(36)33-24(11-10-19-6-2-1-3-7-19)27(37)32-21-16-20-8-4-5-9-23(20)31-18-21/h1-9,16,18,22,24H,10-15,17,28-30H2,(H,32,37)(H,33,36)/t22-,24-/m0/s1. The first-order valence-electron chi connectivity index (χ1n) is 12.3. The summed E-state index contributed by atoms with van der Waals surface area (Å²) in [6.45, 7) is 1.20. The molecule has 0 spiro atoms. The zero-order chi connectivity index (χ0) is 26.6. The van der Waals surface area contributed by atoms with Crippen molar-refractivity contribution in [2.75, 3.05) is 31.5 Å². The van der Waals surface area contributed by atoms with Crippen LogP contribution < -0.4 is 27.8 Å². The van der Waals surface area contributed by atoms with Crippen molar-refractivity contribution in [1.29, 1.82) is 0 Å². The topological polar surface area (TPSA) is 169 Å². The number of fused-ring (bicyclic) bond motifs is 1. The van der Waals surface area contributed by atoms with Crippen LogP contribution in [0.2, 0.25) is 0 Å². The fraction of sp³-hybridized carbons (Fsp3) is 0.333. The molecular formula is C27H35N7O3. The lowest BCUT2D eigenvalue weighted by atomic mass is 10.0. The Balaban J connectivity index is 1.69. The van der Waals surface area contributed by atoms with E-state index in [1.807, 2.05) is 60.7 Å². The van der Waals surface area contributed by atoms with Gasteiger partial charge in [-0.3, -0.25) is 19.4 Å². The number of aromatic nitrogens is 1. The van der Waals surface area contributed by atoms with Crippen LogP contribution in [0.1, 0.15) is 18.4 Å². The number of nitrogens with two attached hydrogens (primary N) is 3. The van der Waals surface area contributed by atoms with E-state index in [2.05, 4.69) is 15.6 Å². The lowest BCUT2D eigenvalue weighted by Crippen LogP contribution is -2.52. The van der Waals surface area contributed by atoms with Crippen molar-refractivity contribution >= 4 is 34.3 Å². The van der Waals surface area contributed by atoms with E-state index >= 15 is 0 Å². The summed E-state index contributed by atoms with van der Waals surface area (Å²) < 4.78 is 0. The molecule has 0 saturated heterocycles. The molecule has 0 unspecified atom stereocenters. The minimum absolute atomic E-state index is 0.215. The highest BCUT2D eigenvalue weighted by Crippen LogP contribution is 2.17. The molecular weight excluding hydrogens is 470 g/mol. The first kappa shape index (κ1) is 27.7. The number of pyridine rings is 1. The first-order valence-corrected chi connectivity index (χ1v) is 12.3. The molecule has 3 amide bonds. The number of nitrogens with zero attached hydrogens (tertiary/aromatic N) is 2. The highest BCUT2D eigenvalue weighted by atomic mass is 16.2. The number of carbonyl (C=O) groups excluding carboxylic acids is 3. The summed E-state index contributed by atoms with van der Waals surface area (Å²) in [6.07, 6.45) is 2.26. The van der Waals surface area contributed by atoms with E-state index < -0.39 is 23.9 Å². The second-order valence-electron chi connectivity index (χ2n) is 8.76. The van der Waals surface area contributed by atoms with E-state index in [0.717, 1.165) is 16.5 Å². The average molecular weight is 506 g/mol. The number of benzene rings is 2. The number of rotatable bonds is 13. The molecule has 0 bridgehead atoms.